The summed E-state index contributed by atoms with van der Waals surface area (Å²) >= 11 is 0. The van der Waals surface area contributed by atoms with Crippen molar-refractivity contribution in [3.8, 4) is 0 Å². The first-order valence-corrected chi connectivity index (χ1v) is 6.80. The van der Waals surface area contributed by atoms with Gasteiger partial charge in [-0.25, -0.2) is 0 Å². The largest absolute Gasteiger partial charge is 0.468 e. The zero-order chi connectivity index (χ0) is 12.5. The average Bonchev–Trinajstić information content (AvgIpc) is 2.87. The second kappa shape index (κ2) is 8.31. The summed E-state index contributed by atoms with van der Waals surface area (Å²) in [7, 11) is 0. The Morgan fingerprint density at radius 1 is 1.29 bits per heavy atom. The Morgan fingerprint density at radius 3 is 2.59 bits per heavy atom. The molecular formula is C14H26N2O. The number of nitrogens with one attached hydrogen (secondary N) is 1. The molecule has 98 valence electrons. The van der Waals surface area contributed by atoms with Crippen molar-refractivity contribution in [3.05, 3.63) is 24.2 Å². The molecule has 0 aliphatic heterocycles. The van der Waals surface area contributed by atoms with Gasteiger partial charge in [0.2, 0.25) is 0 Å². The predicted octanol–water partition coefficient (Wildman–Crippen LogP) is 3.05. The fourth-order valence-corrected chi connectivity index (χ4v) is 2.00. The lowest BCUT2D eigenvalue weighted by molar-refractivity contribution is 0.271. The van der Waals surface area contributed by atoms with Gasteiger partial charge in [0.05, 0.1) is 12.3 Å². The lowest BCUT2D eigenvalue weighted by Gasteiger charge is -2.22. The highest BCUT2D eigenvalue weighted by molar-refractivity contribution is 5.04. The molecule has 3 heteroatoms. The highest BCUT2D eigenvalue weighted by Crippen LogP contribution is 2.17. The van der Waals surface area contributed by atoms with E-state index in [1.807, 2.05) is 6.07 Å². The van der Waals surface area contributed by atoms with E-state index in [0.717, 1.165) is 44.8 Å². The monoisotopic (exact) mass is 238 g/mol. The van der Waals surface area contributed by atoms with E-state index in [2.05, 4.69) is 37.1 Å². The zero-order valence-electron chi connectivity index (χ0n) is 11.4. The smallest absolute Gasteiger partial charge is 0.120 e. The molecule has 0 aromatic carbocycles. The summed E-state index contributed by atoms with van der Waals surface area (Å²) in [5.41, 5.74) is 0. The Balaban J connectivity index is 2.46. The molecule has 1 heterocycles. The summed E-state index contributed by atoms with van der Waals surface area (Å²) in [5, 5.41) is 3.55. The van der Waals surface area contributed by atoms with Crippen molar-refractivity contribution in [1.29, 1.82) is 0 Å². The van der Waals surface area contributed by atoms with Crippen LogP contribution in [0.3, 0.4) is 0 Å². The van der Waals surface area contributed by atoms with Gasteiger partial charge in [-0.3, -0.25) is 0 Å². The van der Waals surface area contributed by atoms with Gasteiger partial charge in [-0.15, -0.1) is 0 Å². The fraction of sp³-hybridized carbons (Fsp3) is 0.714. The Hall–Kier alpha value is -0.800. The third-order valence-electron chi connectivity index (χ3n) is 3.16. The van der Waals surface area contributed by atoms with Crippen LogP contribution in [0.2, 0.25) is 0 Å². The molecule has 0 amide bonds. The van der Waals surface area contributed by atoms with E-state index in [9.17, 15) is 0 Å². The van der Waals surface area contributed by atoms with Gasteiger partial charge >= 0.3 is 0 Å². The molecule has 0 saturated heterocycles. The van der Waals surface area contributed by atoms with Crippen LogP contribution in [-0.4, -0.2) is 31.1 Å². The van der Waals surface area contributed by atoms with Crippen molar-refractivity contribution in [3.63, 3.8) is 0 Å². The second-order valence-corrected chi connectivity index (χ2v) is 4.34. The van der Waals surface area contributed by atoms with Crippen molar-refractivity contribution in [1.82, 2.24) is 10.2 Å². The van der Waals surface area contributed by atoms with E-state index in [1.165, 1.54) is 0 Å². The van der Waals surface area contributed by atoms with Gasteiger partial charge in [0.1, 0.15) is 5.76 Å². The predicted molar refractivity (Wildman–Crippen MR) is 72.1 cm³/mol. The van der Waals surface area contributed by atoms with E-state index in [-0.39, 0.29) is 0 Å². The molecule has 0 spiro atoms. The lowest BCUT2D eigenvalue weighted by Crippen LogP contribution is -2.29. The van der Waals surface area contributed by atoms with Crippen LogP contribution in [-0.2, 0) is 0 Å². The van der Waals surface area contributed by atoms with Gasteiger partial charge in [-0.2, -0.15) is 0 Å². The summed E-state index contributed by atoms with van der Waals surface area (Å²) in [5.74, 6) is 1.06. The van der Waals surface area contributed by atoms with Gasteiger partial charge in [0, 0.05) is 6.54 Å². The third kappa shape index (κ3) is 4.92. The van der Waals surface area contributed by atoms with Crippen LogP contribution in [0.15, 0.2) is 22.8 Å². The van der Waals surface area contributed by atoms with Crippen LogP contribution < -0.4 is 5.32 Å². The number of rotatable bonds is 9. The normalized spacial score (nSPS) is 13.2. The second-order valence-electron chi connectivity index (χ2n) is 4.34. The summed E-state index contributed by atoms with van der Waals surface area (Å²) in [6.45, 7) is 11.0. The quantitative estimate of drug-likeness (QED) is 0.717. The Kier molecular flexibility index (Phi) is 6.97. The SMILES string of the molecule is CCCNC(CCN(CC)CC)c1ccco1. The van der Waals surface area contributed by atoms with E-state index >= 15 is 0 Å². The molecule has 1 aromatic rings. The van der Waals surface area contributed by atoms with E-state index in [0.29, 0.717) is 6.04 Å². The summed E-state index contributed by atoms with van der Waals surface area (Å²) < 4.78 is 5.51. The van der Waals surface area contributed by atoms with Gasteiger partial charge in [0.25, 0.3) is 0 Å². The van der Waals surface area contributed by atoms with Gasteiger partial charge < -0.3 is 14.6 Å². The van der Waals surface area contributed by atoms with E-state index in [4.69, 9.17) is 4.42 Å². The van der Waals surface area contributed by atoms with Crippen LogP contribution in [0.25, 0.3) is 0 Å². The molecular weight excluding hydrogens is 212 g/mol. The number of hydrogen-bond acceptors (Lipinski definition) is 3. The molecule has 0 fully saturated rings. The minimum atomic E-state index is 0.352. The van der Waals surface area contributed by atoms with Crippen LogP contribution in [0.4, 0.5) is 0 Å². The summed E-state index contributed by atoms with van der Waals surface area (Å²) in [6, 6.07) is 4.38. The molecule has 1 N–H and O–H groups in total. The summed E-state index contributed by atoms with van der Waals surface area (Å²) in [4.78, 5) is 2.45. The fourth-order valence-electron chi connectivity index (χ4n) is 2.00. The Morgan fingerprint density at radius 2 is 2.06 bits per heavy atom. The molecule has 0 aliphatic carbocycles. The number of nitrogens with zero attached hydrogens (tertiary/aromatic N) is 1. The van der Waals surface area contributed by atoms with Gasteiger partial charge in [-0.05, 0) is 44.6 Å². The molecule has 1 rings (SSSR count). The first kappa shape index (κ1) is 14.3. The first-order chi connectivity index (χ1) is 8.31. The van der Waals surface area contributed by atoms with E-state index < -0.39 is 0 Å². The van der Waals surface area contributed by atoms with Crippen LogP contribution in [0.1, 0.15) is 45.4 Å². The van der Waals surface area contributed by atoms with Crippen molar-refractivity contribution >= 4 is 0 Å². The molecule has 0 saturated carbocycles. The van der Waals surface area contributed by atoms with Crippen molar-refractivity contribution in [2.24, 2.45) is 0 Å². The molecule has 0 radical (unpaired) electrons. The maximum absolute atomic E-state index is 5.51. The Bertz CT molecular complexity index is 268. The third-order valence-corrected chi connectivity index (χ3v) is 3.16. The topological polar surface area (TPSA) is 28.4 Å². The number of furan rings is 1. The first-order valence-electron chi connectivity index (χ1n) is 6.80. The zero-order valence-corrected chi connectivity index (χ0v) is 11.4. The summed E-state index contributed by atoms with van der Waals surface area (Å²) in [6.07, 6.45) is 4.02. The highest BCUT2D eigenvalue weighted by atomic mass is 16.3. The molecule has 1 unspecified atom stereocenters. The Labute approximate surface area is 105 Å². The highest BCUT2D eigenvalue weighted by Gasteiger charge is 2.14. The molecule has 17 heavy (non-hydrogen) atoms. The van der Waals surface area contributed by atoms with Gasteiger partial charge in [-0.1, -0.05) is 20.8 Å². The standard InChI is InChI=1S/C14H26N2O/c1-4-10-15-13(14-8-7-12-17-14)9-11-16(5-2)6-3/h7-8,12-13,15H,4-6,9-11H2,1-3H3. The van der Waals surface area contributed by atoms with Crippen LogP contribution in [0.5, 0.6) is 0 Å². The van der Waals surface area contributed by atoms with Gasteiger partial charge in [0.15, 0.2) is 0 Å². The molecule has 1 aromatic heterocycles. The molecule has 0 bridgehead atoms. The minimum absolute atomic E-state index is 0.352. The van der Waals surface area contributed by atoms with Crippen LogP contribution in [0, 0.1) is 0 Å². The maximum atomic E-state index is 5.51. The van der Waals surface area contributed by atoms with Crippen LogP contribution >= 0.6 is 0 Å². The molecule has 0 aliphatic rings. The average molecular weight is 238 g/mol. The molecule has 1 atom stereocenters. The van der Waals surface area contributed by atoms with Crippen molar-refractivity contribution < 1.29 is 4.42 Å². The number of hydrogen-bond donors (Lipinski definition) is 1. The maximum Gasteiger partial charge on any atom is 0.120 e. The lowest BCUT2D eigenvalue weighted by atomic mass is 10.1. The van der Waals surface area contributed by atoms with Crippen molar-refractivity contribution in [2.75, 3.05) is 26.2 Å². The van der Waals surface area contributed by atoms with E-state index in [1.54, 1.807) is 6.26 Å². The van der Waals surface area contributed by atoms with Crippen molar-refractivity contribution in [2.45, 2.75) is 39.7 Å². The minimum Gasteiger partial charge on any atom is -0.468 e. The molecule has 3 nitrogen and oxygen atoms in total.